The average molecular weight is 301 g/mol. The van der Waals surface area contributed by atoms with Crippen molar-refractivity contribution >= 4 is 33.2 Å². The van der Waals surface area contributed by atoms with Crippen LogP contribution in [0.25, 0.3) is 0 Å². The second-order valence-corrected chi connectivity index (χ2v) is 5.18. The molecule has 0 saturated carbocycles. The van der Waals surface area contributed by atoms with Gasteiger partial charge in [0.15, 0.2) is 5.76 Å². The summed E-state index contributed by atoms with van der Waals surface area (Å²) >= 11 is 4.36. The van der Waals surface area contributed by atoms with Crippen molar-refractivity contribution in [1.82, 2.24) is 9.59 Å². The molecule has 0 aromatic carbocycles. The van der Waals surface area contributed by atoms with E-state index in [4.69, 9.17) is 4.42 Å². The second-order valence-electron chi connectivity index (χ2n) is 3.57. The minimum absolute atomic E-state index is 0.171. The Bertz CT molecular complexity index is 518. The van der Waals surface area contributed by atoms with Gasteiger partial charge in [0, 0.05) is 0 Å². The molecule has 0 unspecified atom stereocenters. The van der Waals surface area contributed by atoms with Gasteiger partial charge in [-0.2, -0.15) is 0 Å². The third kappa shape index (κ3) is 1.94. The molecule has 0 bridgehead atoms. The summed E-state index contributed by atoms with van der Waals surface area (Å²) in [5.74, 6) is 0.301. The summed E-state index contributed by atoms with van der Waals surface area (Å²) in [6.45, 7) is 3.95. The normalized spacial score (nSPS) is 11.0. The third-order valence-electron chi connectivity index (χ3n) is 2.09. The Hall–Kier alpha value is -1.01. The molecule has 4 nitrogen and oxygen atoms in total. The Labute approximate surface area is 105 Å². The van der Waals surface area contributed by atoms with E-state index in [-0.39, 0.29) is 11.7 Å². The Morgan fingerprint density at radius 1 is 1.56 bits per heavy atom. The molecule has 2 rings (SSSR count). The highest BCUT2D eigenvalue weighted by molar-refractivity contribution is 9.10. The van der Waals surface area contributed by atoms with E-state index >= 15 is 0 Å². The van der Waals surface area contributed by atoms with E-state index in [2.05, 4.69) is 25.5 Å². The average Bonchev–Trinajstić information content (AvgIpc) is 2.84. The lowest BCUT2D eigenvalue weighted by Gasteiger charge is -2.01. The number of rotatable bonds is 3. The van der Waals surface area contributed by atoms with Crippen molar-refractivity contribution in [3.8, 4) is 0 Å². The fourth-order valence-corrected chi connectivity index (χ4v) is 2.43. The molecule has 0 radical (unpaired) electrons. The van der Waals surface area contributed by atoms with Gasteiger partial charge in [-0.1, -0.05) is 18.3 Å². The Morgan fingerprint density at radius 3 is 2.88 bits per heavy atom. The maximum atomic E-state index is 12.1. The lowest BCUT2D eigenvalue weighted by molar-refractivity contribution is 0.101. The molecule has 0 aliphatic carbocycles. The van der Waals surface area contributed by atoms with Gasteiger partial charge >= 0.3 is 0 Å². The number of aromatic nitrogens is 2. The van der Waals surface area contributed by atoms with Crippen molar-refractivity contribution in [1.29, 1.82) is 0 Å². The minimum atomic E-state index is -0.171. The molecule has 6 heteroatoms. The monoisotopic (exact) mass is 300 g/mol. The Kier molecular flexibility index (Phi) is 3.20. The summed E-state index contributed by atoms with van der Waals surface area (Å²) in [5.41, 5.74) is 0.721. The number of carbonyl (C=O) groups excluding carboxylic acids is 1. The van der Waals surface area contributed by atoms with E-state index in [1.165, 1.54) is 6.26 Å². The molecular formula is C10H9BrN2O2S. The van der Waals surface area contributed by atoms with Gasteiger partial charge < -0.3 is 4.42 Å². The number of hydrogen-bond acceptors (Lipinski definition) is 5. The first-order valence-corrected chi connectivity index (χ1v) is 6.28. The molecule has 84 valence electrons. The first-order valence-electron chi connectivity index (χ1n) is 4.71. The van der Waals surface area contributed by atoms with Crippen LogP contribution in [-0.4, -0.2) is 15.4 Å². The molecule has 2 aromatic heterocycles. The summed E-state index contributed by atoms with van der Waals surface area (Å²) < 4.78 is 9.61. The fourth-order valence-electron chi connectivity index (χ4n) is 1.29. The number of nitrogens with zero attached hydrogens (tertiary/aromatic N) is 2. The van der Waals surface area contributed by atoms with Crippen LogP contribution in [0, 0.1) is 0 Å². The first-order chi connectivity index (χ1) is 7.61. The van der Waals surface area contributed by atoms with Crippen molar-refractivity contribution in [2.45, 2.75) is 19.8 Å². The quantitative estimate of drug-likeness (QED) is 0.817. The number of furan rings is 1. The standard InChI is InChI=1S/C10H9BrN2O2S/c1-5(2)7-10(16-13-12-7)8(14)9-6(11)3-4-15-9/h3-5H,1-2H3. The molecule has 0 N–H and O–H groups in total. The van der Waals surface area contributed by atoms with E-state index in [9.17, 15) is 4.79 Å². The molecule has 0 atom stereocenters. The second kappa shape index (κ2) is 4.47. The van der Waals surface area contributed by atoms with Crippen LogP contribution in [0.1, 0.15) is 40.9 Å². The van der Waals surface area contributed by atoms with Crippen LogP contribution in [0.15, 0.2) is 21.2 Å². The lowest BCUT2D eigenvalue weighted by Crippen LogP contribution is -2.03. The predicted octanol–water partition coefficient (Wildman–Crippen LogP) is 3.25. The van der Waals surface area contributed by atoms with Gasteiger partial charge in [0.25, 0.3) is 0 Å². The zero-order valence-electron chi connectivity index (χ0n) is 8.73. The van der Waals surface area contributed by atoms with Gasteiger partial charge in [-0.15, -0.1) is 5.10 Å². The van der Waals surface area contributed by atoms with Crippen molar-refractivity contribution < 1.29 is 9.21 Å². The molecule has 0 spiro atoms. The summed E-state index contributed by atoms with van der Waals surface area (Å²) in [7, 11) is 0. The van der Waals surface area contributed by atoms with E-state index in [1.807, 2.05) is 13.8 Å². The van der Waals surface area contributed by atoms with Crippen LogP contribution in [0.2, 0.25) is 0 Å². The molecule has 0 aliphatic rings. The van der Waals surface area contributed by atoms with E-state index < -0.39 is 0 Å². The van der Waals surface area contributed by atoms with Gasteiger partial charge in [-0.25, -0.2) is 0 Å². The largest absolute Gasteiger partial charge is 0.460 e. The molecule has 0 fully saturated rings. The van der Waals surface area contributed by atoms with Crippen LogP contribution >= 0.6 is 27.5 Å². The number of carbonyl (C=O) groups is 1. The smallest absolute Gasteiger partial charge is 0.242 e. The molecular weight excluding hydrogens is 292 g/mol. The van der Waals surface area contributed by atoms with Gasteiger partial charge in [-0.05, 0) is 39.4 Å². The highest BCUT2D eigenvalue weighted by atomic mass is 79.9. The van der Waals surface area contributed by atoms with E-state index in [0.717, 1.165) is 17.2 Å². The van der Waals surface area contributed by atoms with Gasteiger partial charge in [0.05, 0.1) is 16.4 Å². The molecule has 0 saturated heterocycles. The summed E-state index contributed by atoms with van der Waals surface area (Å²) in [6.07, 6.45) is 1.47. The van der Waals surface area contributed by atoms with Crippen LogP contribution in [0.5, 0.6) is 0 Å². The van der Waals surface area contributed by atoms with Crippen molar-refractivity contribution in [2.24, 2.45) is 0 Å². The summed E-state index contributed by atoms with van der Waals surface area (Å²) in [4.78, 5) is 12.7. The van der Waals surface area contributed by atoms with Crippen LogP contribution in [0.3, 0.4) is 0 Å². The van der Waals surface area contributed by atoms with E-state index in [1.54, 1.807) is 6.07 Å². The minimum Gasteiger partial charge on any atom is -0.460 e. The van der Waals surface area contributed by atoms with Crippen molar-refractivity contribution in [3.05, 3.63) is 33.1 Å². The SMILES string of the molecule is CC(C)c1nnsc1C(=O)c1occc1Br. The lowest BCUT2D eigenvalue weighted by atomic mass is 10.1. The molecule has 16 heavy (non-hydrogen) atoms. The Balaban J connectivity index is 2.42. The first kappa shape index (κ1) is 11.5. The predicted molar refractivity (Wildman–Crippen MR) is 63.8 cm³/mol. The molecule has 2 heterocycles. The zero-order valence-corrected chi connectivity index (χ0v) is 11.1. The summed E-state index contributed by atoms with van der Waals surface area (Å²) in [6, 6.07) is 1.69. The Morgan fingerprint density at radius 2 is 2.31 bits per heavy atom. The number of ketones is 1. The highest BCUT2D eigenvalue weighted by Gasteiger charge is 2.23. The molecule has 0 aliphatic heterocycles. The van der Waals surface area contributed by atoms with Crippen LogP contribution in [0.4, 0.5) is 0 Å². The van der Waals surface area contributed by atoms with Crippen LogP contribution in [-0.2, 0) is 0 Å². The maximum absolute atomic E-state index is 12.1. The molecule has 2 aromatic rings. The van der Waals surface area contributed by atoms with E-state index in [0.29, 0.717) is 15.1 Å². The van der Waals surface area contributed by atoms with Crippen molar-refractivity contribution in [3.63, 3.8) is 0 Å². The van der Waals surface area contributed by atoms with Crippen LogP contribution < -0.4 is 0 Å². The van der Waals surface area contributed by atoms with Gasteiger partial charge in [0.2, 0.25) is 5.78 Å². The third-order valence-corrected chi connectivity index (χ3v) is 3.45. The van der Waals surface area contributed by atoms with Crippen molar-refractivity contribution in [2.75, 3.05) is 0 Å². The number of halogens is 1. The highest BCUT2D eigenvalue weighted by Crippen LogP contribution is 2.26. The van der Waals surface area contributed by atoms with Gasteiger partial charge in [-0.3, -0.25) is 4.79 Å². The van der Waals surface area contributed by atoms with Gasteiger partial charge in [0.1, 0.15) is 4.88 Å². The summed E-state index contributed by atoms with van der Waals surface area (Å²) in [5, 5.41) is 3.97. The maximum Gasteiger partial charge on any atom is 0.242 e. The fraction of sp³-hybridized carbons (Fsp3) is 0.300. The zero-order chi connectivity index (χ0) is 11.7. The molecule has 0 amide bonds. The topological polar surface area (TPSA) is 56.0 Å². The number of hydrogen-bond donors (Lipinski definition) is 0.